The molecule has 0 aliphatic carbocycles. The van der Waals surface area contributed by atoms with Crippen molar-refractivity contribution in [3.63, 3.8) is 0 Å². The lowest BCUT2D eigenvalue weighted by Gasteiger charge is -2.11. The molecule has 27 heavy (non-hydrogen) atoms. The molecule has 0 saturated carbocycles. The second-order valence-corrected chi connectivity index (χ2v) is 8.58. The molecule has 3 rings (SSSR count). The molecule has 0 radical (unpaired) electrons. The first-order valence-corrected chi connectivity index (χ1v) is 10.7. The van der Waals surface area contributed by atoms with E-state index in [9.17, 15) is 13.8 Å². The van der Waals surface area contributed by atoms with Gasteiger partial charge in [0.25, 0.3) is 0 Å². The topological polar surface area (TPSA) is 54.5 Å². The Balaban J connectivity index is 2.08. The van der Waals surface area contributed by atoms with Crippen molar-refractivity contribution in [1.29, 1.82) is 0 Å². The van der Waals surface area contributed by atoms with Crippen LogP contribution in [0.15, 0.2) is 59.5 Å². The van der Waals surface area contributed by atoms with Crippen molar-refractivity contribution in [2.75, 3.05) is 18.2 Å². The summed E-state index contributed by atoms with van der Waals surface area (Å²) in [5, 5.41) is 0. The lowest BCUT2D eigenvalue weighted by Crippen LogP contribution is -2.13. The van der Waals surface area contributed by atoms with Crippen LogP contribution in [0.2, 0.25) is 0 Å². The van der Waals surface area contributed by atoms with Gasteiger partial charge in [-0.2, -0.15) is 0 Å². The van der Waals surface area contributed by atoms with E-state index < -0.39 is 10.8 Å². The zero-order valence-electron chi connectivity index (χ0n) is 15.3. The maximum absolute atomic E-state index is 11.9. The summed E-state index contributed by atoms with van der Waals surface area (Å²) in [7, 11) is 0.670. The van der Waals surface area contributed by atoms with E-state index in [1.54, 1.807) is 20.2 Å². The van der Waals surface area contributed by atoms with Crippen LogP contribution in [0.1, 0.15) is 16.6 Å². The lowest BCUT2D eigenvalue weighted by atomic mass is 10.0. The normalized spacial score (nSPS) is 11.8. The lowest BCUT2D eigenvalue weighted by molar-refractivity contribution is -0.107. The van der Waals surface area contributed by atoms with Gasteiger partial charge in [-0.3, -0.25) is 13.8 Å². The third-order valence-corrected chi connectivity index (χ3v) is 6.49. The van der Waals surface area contributed by atoms with Crippen molar-refractivity contribution >= 4 is 40.0 Å². The summed E-state index contributed by atoms with van der Waals surface area (Å²) >= 11 is 1.45. The second-order valence-electron chi connectivity index (χ2n) is 6.15. The van der Waals surface area contributed by atoms with Crippen LogP contribution in [-0.4, -0.2) is 29.7 Å². The van der Waals surface area contributed by atoms with E-state index in [4.69, 9.17) is 0 Å². The summed E-state index contributed by atoms with van der Waals surface area (Å²) in [4.78, 5) is 26.8. The van der Waals surface area contributed by atoms with E-state index in [-0.39, 0.29) is 5.78 Å². The smallest absolute Gasteiger partial charge is 0.213 e. The number of Topliss-reactive ketones (excluding diaryl/α,β-unsaturated/α-hetero) is 1. The minimum absolute atomic E-state index is 0.0242. The number of nitrogens with zero attached hydrogens (tertiary/aromatic N) is 1. The molecule has 2 aromatic carbocycles. The monoisotopic (exact) mass is 397 g/mol. The van der Waals surface area contributed by atoms with Gasteiger partial charge in [0.15, 0.2) is 5.78 Å². The van der Waals surface area contributed by atoms with Gasteiger partial charge < -0.3 is 4.90 Å². The Morgan fingerprint density at radius 2 is 1.63 bits per heavy atom. The Bertz CT molecular complexity index is 1000. The van der Waals surface area contributed by atoms with E-state index >= 15 is 0 Å². The molecule has 0 fully saturated rings. The summed E-state index contributed by atoms with van der Waals surface area (Å²) in [5.41, 5.74) is 3.72. The SMILES string of the molecule is CC(=O)c1cc(-c2ccc(S(C)=O)cc2)c(-c2ccc(N(C)C=O)cc2)s1. The molecule has 3 aromatic rings. The van der Waals surface area contributed by atoms with Gasteiger partial charge in [-0.1, -0.05) is 24.3 Å². The number of rotatable bonds is 6. The van der Waals surface area contributed by atoms with Gasteiger partial charge in [-0.25, -0.2) is 0 Å². The number of amides is 1. The Morgan fingerprint density at radius 3 is 2.15 bits per heavy atom. The first-order valence-electron chi connectivity index (χ1n) is 8.28. The zero-order valence-corrected chi connectivity index (χ0v) is 16.9. The van der Waals surface area contributed by atoms with Crippen LogP contribution in [0.4, 0.5) is 5.69 Å². The molecule has 1 unspecified atom stereocenters. The Morgan fingerprint density at radius 1 is 1.04 bits per heavy atom. The fourth-order valence-electron chi connectivity index (χ4n) is 2.73. The van der Waals surface area contributed by atoms with Crippen molar-refractivity contribution in [3.8, 4) is 21.6 Å². The molecule has 1 aromatic heterocycles. The zero-order chi connectivity index (χ0) is 19.6. The first-order chi connectivity index (χ1) is 12.9. The number of hydrogen-bond acceptors (Lipinski definition) is 4. The third kappa shape index (κ3) is 4.07. The predicted octanol–water partition coefficient (Wildman–Crippen LogP) is 4.61. The highest BCUT2D eigenvalue weighted by atomic mass is 32.2. The maximum Gasteiger partial charge on any atom is 0.213 e. The van der Waals surface area contributed by atoms with Crippen LogP contribution in [0.25, 0.3) is 21.6 Å². The summed E-state index contributed by atoms with van der Waals surface area (Å²) in [6.07, 6.45) is 2.41. The van der Waals surface area contributed by atoms with Crippen LogP contribution in [-0.2, 0) is 15.6 Å². The molecule has 0 N–H and O–H groups in total. The van der Waals surface area contributed by atoms with Gasteiger partial charge in [-0.05, 0) is 48.4 Å². The van der Waals surface area contributed by atoms with Crippen molar-refractivity contribution in [1.82, 2.24) is 0 Å². The van der Waals surface area contributed by atoms with Gasteiger partial charge in [0, 0.05) is 45.1 Å². The fourth-order valence-corrected chi connectivity index (χ4v) is 4.33. The van der Waals surface area contributed by atoms with Crippen LogP contribution < -0.4 is 4.90 Å². The molecule has 1 atom stereocenters. The van der Waals surface area contributed by atoms with E-state index in [1.165, 1.54) is 16.2 Å². The predicted molar refractivity (Wildman–Crippen MR) is 112 cm³/mol. The average molecular weight is 398 g/mol. The van der Waals surface area contributed by atoms with E-state index in [2.05, 4.69) is 0 Å². The van der Waals surface area contributed by atoms with Gasteiger partial charge in [0.1, 0.15) is 0 Å². The van der Waals surface area contributed by atoms with E-state index in [0.29, 0.717) is 4.88 Å². The van der Waals surface area contributed by atoms with Gasteiger partial charge in [0.2, 0.25) is 6.41 Å². The molecule has 1 heterocycles. The van der Waals surface area contributed by atoms with Crippen molar-refractivity contribution < 1.29 is 13.8 Å². The molecule has 138 valence electrons. The number of carbonyl (C=O) groups excluding carboxylic acids is 2. The van der Waals surface area contributed by atoms with Gasteiger partial charge >= 0.3 is 0 Å². The van der Waals surface area contributed by atoms with Gasteiger partial charge in [0.05, 0.1) is 4.88 Å². The number of benzene rings is 2. The standard InChI is InChI=1S/C21H19NO3S2/c1-14(24)20-12-19(15-6-10-18(11-7-15)27(3)25)21(26-20)16-4-8-17(9-5-16)22(2)13-23/h4-13H,1-3H3. The third-order valence-electron chi connectivity index (χ3n) is 4.27. The first kappa shape index (κ1) is 19.2. The minimum Gasteiger partial charge on any atom is -0.318 e. The number of thiophene rings is 1. The highest BCUT2D eigenvalue weighted by Crippen LogP contribution is 2.40. The summed E-state index contributed by atoms with van der Waals surface area (Å²) in [6.45, 7) is 1.56. The molecule has 0 aliphatic heterocycles. The van der Waals surface area contributed by atoms with Crippen LogP contribution in [0, 0.1) is 0 Å². The Kier molecular flexibility index (Phi) is 5.68. The molecule has 0 saturated heterocycles. The van der Waals surface area contributed by atoms with Crippen LogP contribution in [0.5, 0.6) is 0 Å². The number of carbonyl (C=O) groups is 2. The molecular formula is C21H19NO3S2. The Hall–Kier alpha value is -2.57. The molecule has 4 nitrogen and oxygen atoms in total. The molecule has 0 aliphatic rings. The van der Waals surface area contributed by atoms with Gasteiger partial charge in [-0.15, -0.1) is 11.3 Å². The molecule has 1 amide bonds. The largest absolute Gasteiger partial charge is 0.318 e. The molecular weight excluding hydrogens is 378 g/mol. The molecule has 0 bridgehead atoms. The number of ketones is 1. The van der Waals surface area contributed by atoms with E-state index in [0.717, 1.165) is 38.6 Å². The highest BCUT2D eigenvalue weighted by Gasteiger charge is 2.16. The molecule has 0 spiro atoms. The average Bonchev–Trinajstić information content (AvgIpc) is 3.13. The summed E-state index contributed by atoms with van der Waals surface area (Å²) in [5.74, 6) is 0.0242. The number of hydrogen-bond donors (Lipinski definition) is 0. The fraction of sp³-hybridized carbons (Fsp3) is 0.143. The van der Waals surface area contributed by atoms with Crippen LogP contribution in [0.3, 0.4) is 0 Å². The highest BCUT2D eigenvalue weighted by molar-refractivity contribution is 7.84. The van der Waals surface area contributed by atoms with E-state index in [1.807, 2.05) is 54.6 Å². The minimum atomic E-state index is -1.03. The Labute approximate surface area is 164 Å². The second kappa shape index (κ2) is 7.98. The van der Waals surface area contributed by atoms with Crippen LogP contribution >= 0.6 is 11.3 Å². The van der Waals surface area contributed by atoms with Crippen molar-refractivity contribution in [2.24, 2.45) is 0 Å². The summed E-state index contributed by atoms with van der Waals surface area (Å²) in [6, 6.07) is 17.1. The number of anilines is 1. The van der Waals surface area contributed by atoms with Crippen molar-refractivity contribution in [2.45, 2.75) is 11.8 Å². The maximum atomic E-state index is 11.9. The quantitative estimate of drug-likeness (QED) is 0.451. The molecule has 6 heteroatoms. The van der Waals surface area contributed by atoms with Crippen molar-refractivity contribution in [3.05, 3.63) is 59.5 Å². The summed E-state index contributed by atoms with van der Waals surface area (Å²) < 4.78 is 11.6.